The molecule has 1 aromatic heterocycles. The number of hydrogen-bond acceptors (Lipinski definition) is 2. The van der Waals surface area contributed by atoms with Crippen molar-refractivity contribution < 1.29 is 4.79 Å². The first-order chi connectivity index (χ1) is 11.2. The summed E-state index contributed by atoms with van der Waals surface area (Å²) in [6.07, 6.45) is 0. The summed E-state index contributed by atoms with van der Waals surface area (Å²) in [4.78, 5) is 27.8. The molecule has 2 aromatic carbocycles. The molecule has 3 N–H and O–H groups in total. The zero-order valence-corrected chi connectivity index (χ0v) is 15.5. The van der Waals surface area contributed by atoms with Crippen molar-refractivity contribution in [3.63, 3.8) is 0 Å². The largest absolute Gasteiger partial charge is 0.366 e. The van der Waals surface area contributed by atoms with Gasteiger partial charge in [0, 0.05) is 5.02 Å². The van der Waals surface area contributed by atoms with E-state index in [0.29, 0.717) is 21.5 Å². The van der Waals surface area contributed by atoms with Crippen LogP contribution in [0.5, 0.6) is 0 Å². The van der Waals surface area contributed by atoms with E-state index in [4.69, 9.17) is 52.1 Å². The first-order valence-corrected chi connectivity index (χ1v) is 8.29. The van der Waals surface area contributed by atoms with Gasteiger partial charge in [-0.25, -0.2) is 0 Å². The molecule has 0 aliphatic carbocycles. The highest BCUT2D eigenvalue weighted by molar-refractivity contribution is 6.50. The number of nitrogens with two attached hydrogens (primary N) is 1. The molecule has 8 heteroatoms. The maximum Gasteiger partial charge on any atom is 0.251 e. The number of halogens is 4. The zero-order valence-electron chi connectivity index (χ0n) is 12.5. The van der Waals surface area contributed by atoms with Gasteiger partial charge in [0.1, 0.15) is 0 Å². The fourth-order valence-electron chi connectivity index (χ4n) is 2.78. The molecule has 0 atom stereocenters. The maximum atomic E-state index is 13.1. The maximum absolute atomic E-state index is 13.1. The van der Waals surface area contributed by atoms with Crippen molar-refractivity contribution in [3.8, 4) is 0 Å². The summed E-state index contributed by atoms with van der Waals surface area (Å²) < 4.78 is 0. The summed E-state index contributed by atoms with van der Waals surface area (Å²) in [5.41, 5.74) is 6.93. The summed E-state index contributed by atoms with van der Waals surface area (Å²) in [5, 5.41) is 0.666. The van der Waals surface area contributed by atoms with Crippen LogP contribution in [0.2, 0.25) is 20.1 Å². The Morgan fingerprint density at radius 3 is 2.21 bits per heavy atom. The number of carbonyl (C=O) groups is 1. The van der Waals surface area contributed by atoms with Crippen molar-refractivity contribution in [2.45, 2.75) is 13.8 Å². The highest BCUT2D eigenvalue weighted by Crippen LogP contribution is 2.39. The molecule has 4 nitrogen and oxygen atoms in total. The number of primary amides is 1. The van der Waals surface area contributed by atoms with Gasteiger partial charge < -0.3 is 10.7 Å². The Kier molecular flexibility index (Phi) is 4.21. The molecular formula is C16H10Cl4N2O2. The van der Waals surface area contributed by atoms with E-state index in [1.807, 2.05) is 6.92 Å². The van der Waals surface area contributed by atoms with Gasteiger partial charge in [0.15, 0.2) is 5.43 Å². The lowest BCUT2D eigenvalue weighted by Gasteiger charge is -2.14. The van der Waals surface area contributed by atoms with Gasteiger partial charge >= 0.3 is 0 Å². The number of aryl methyl sites for hydroxylation is 2. The van der Waals surface area contributed by atoms with Crippen molar-refractivity contribution in [1.82, 2.24) is 4.98 Å². The molecule has 0 aliphatic heterocycles. The minimum Gasteiger partial charge on any atom is -0.366 e. The molecule has 0 fully saturated rings. The quantitative estimate of drug-likeness (QED) is 0.442. The number of pyridine rings is 1. The Hall–Kier alpha value is -1.46. The Balaban J connectivity index is 2.73. The van der Waals surface area contributed by atoms with Crippen LogP contribution in [0.3, 0.4) is 0 Å². The van der Waals surface area contributed by atoms with Crippen LogP contribution >= 0.6 is 46.4 Å². The molecular weight excluding hydrogens is 394 g/mol. The molecule has 0 radical (unpaired) electrons. The zero-order chi connectivity index (χ0) is 17.9. The van der Waals surface area contributed by atoms with E-state index in [0.717, 1.165) is 5.56 Å². The third-order valence-electron chi connectivity index (χ3n) is 3.99. The number of hydrogen-bond donors (Lipinski definition) is 2. The molecule has 124 valence electrons. The lowest BCUT2D eigenvalue weighted by atomic mass is 10.0. The Bertz CT molecular complexity index is 1120. The van der Waals surface area contributed by atoms with E-state index < -0.39 is 11.3 Å². The van der Waals surface area contributed by atoms with Crippen LogP contribution in [0.4, 0.5) is 0 Å². The highest BCUT2D eigenvalue weighted by Gasteiger charge is 2.24. The fourth-order valence-corrected chi connectivity index (χ4v) is 3.97. The summed E-state index contributed by atoms with van der Waals surface area (Å²) in [5.74, 6) is -0.868. The molecule has 0 saturated heterocycles. The second-order valence-corrected chi connectivity index (χ2v) is 6.98. The van der Waals surface area contributed by atoms with Crippen molar-refractivity contribution in [3.05, 3.63) is 53.1 Å². The van der Waals surface area contributed by atoms with Gasteiger partial charge in [0.2, 0.25) is 0 Å². The van der Waals surface area contributed by atoms with E-state index in [-0.39, 0.29) is 31.5 Å². The van der Waals surface area contributed by atoms with Gasteiger partial charge in [0.05, 0.1) is 42.4 Å². The summed E-state index contributed by atoms with van der Waals surface area (Å²) in [7, 11) is 0. The van der Waals surface area contributed by atoms with Gasteiger partial charge in [-0.1, -0.05) is 46.4 Å². The number of fused-ring (bicyclic) bond motifs is 2. The first kappa shape index (κ1) is 17.4. The molecule has 0 spiro atoms. The van der Waals surface area contributed by atoms with Crippen molar-refractivity contribution in [2.75, 3.05) is 0 Å². The second kappa shape index (κ2) is 5.81. The Morgan fingerprint density at radius 1 is 1.00 bits per heavy atom. The molecule has 1 amide bonds. The lowest BCUT2D eigenvalue weighted by molar-refractivity contribution is 0.100. The van der Waals surface area contributed by atoms with Crippen LogP contribution in [0.15, 0.2) is 10.9 Å². The minimum absolute atomic E-state index is 0.0101. The average molecular weight is 404 g/mol. The smallest absolute Gasteiger partial charge is 0.251 e. The van der Waals surface area contributed by atoms with Crippen molar-refractivity contribution in [2.24, 2.45) is 5.73 Å². The predicted molar refractivity (Wildman–Crippen MR) is 100 cm³/mol. The minimum atomic E-state index is -0.868. The average Bonchev–Trinajstić information content (AvgIpc) is 2.49. The van der Waals surface area contributed by atoms with Gasteiger partial charge in [-0.15, -0.1) is 0 Å². The predicted octanol–water partition coefficient (Wildman–Crippen LogP) is 5.01. The van der Waals surface area contributed by atoms with E-state index >= 15 is 0 Å². The number of rotatable bonds is 1. The third kappa shape index (κ3) is 2.29. The molecule has 1 heterocycles. The molecule has 24 heavy (non-hydrogen) atoms. The summed E-state index contributed by atoms with van der Waals surface area (Å²) in [6, 6.07) is 1.75. The van der Waals surface area contributed by atoms with Crippen molar-refractivity contribution >= 4 is 74.1 Å². The van der Waals surface area contributed by atoms with Crippen molar-refractivity contribution in [1.29, 1.82) is 0 Å². The number of carbonyl (C=O) groups excluding carboxylic acids is 1. The van der Waals surface area contributed by atoms with Crippen LogP contribution in [0, 0.1) is 13.8 Å². The molecule has 0 saturated carbocycles. The molecule has 0 bridgehead atoms. The molecule has 0 unspecified atom stereocenters. The van der Waals surface area contributed by atoms with Crippen LogP contribution in [0.1, 0.15) is 21.5 Å². The monoisotopic (exact) mass is 402 g/mol. The van der Waals surface area contributed by atoms with Gasteiger partial charge in [-0.2, -0.15) is 0 Å². The standard InChI is InChI=1S/C16H10Cl4N2O2/c1-4-3-6(17)5(2)7-13(4)22-14-9(15(7)23)10(18)8(16(21)24)11(19)12(14)20/h3H,1-2H3,(H2,21,24)(H,22,23). The van der Waals surface area contributed by atoms with Crippen LogP contribution < -0.4 is 11.2 Å². The highest BCUT2D eigenvalue weighted by atomic mass is 35.5. The number of nitrogens with one attached hydrogen (secondary N) is 1. The van der Waals surface area contributed by atoms with Crippen LogP contribution in [-0.2, 0) is 0 Å². The van der Waals surface area contributed by atoms with Gasteiger partial charge in [-0.05, 0) is 31.0 Å². The second-order valence-electron chi connectivity index (χ2n) is 5.44. The number of benzene rings is 2. The normalized spacial score (nSPS) is 11.4. The fraction of sp³-hybridized carbons (Fsp3) is 0.125. The number of aromatic amines is 1. The topological polar surface area (TPSA) is 76.0 Å². The van der Waals surface area contributed by atoms with Gasteiger partial charge in [0.25, 0.3) is 5.91 Å². The van der Waals surface area contributed by atoms with E-state index in [1.54, 1.807) is 13.0 Å². The number of amides is 1. The van der Waals surface area contributed by atoms with Crippen LogP contribution in [0.25, 0.3) is 21.8 Å². The summed E-state index contributed by atoms with van der Waals surface area (Å²) >= 11 is 24.8. The number of H-pyrrole nitrogens is 1. The molecule has 3 rings (SSSR count). The Labute approximate surface area is 156 Å². The third-order valence-corrected chi connectivity index (χ3v) is 5.62. The number of aromatic nitrogens is 1. The summed E-state index contributed by atoms with van der Waals surface area (Å²) in [6.45, 7) is 3.54. The molecule has 3 aromatic rings. The van der Waals surface area contributed by atoms with E-state index in [1.165, 1.54) is 0 Å². The lowest BCUT2D eigenvalue weighted by Crippen LogP contribution is -2.16. The SMILES string of the molecule is Cc1cc(Cl)c(C)c2c(=O)c3c(Cl)c(C(N)=O)c(Cl)c(Cl)c3[nH]c12. The van der Waals surface area contributed by atoms with E-state index in [9.17, 15) is 9.59 Å². The van der Waals surface area contributed by atoms with Crippen LogP contribution in [-0.4, -0.2) is 10.9 Å². The van der Waals surface area contributed by atoms with E-state index in [2.05, 4.69) is 4.98 Å². The Morgan fingerprint density at radius 2 is 1.62 bits per heavy atom. The molecule has 0 aliphatic rings. The van der Waals surface area contributed by atoms with Gasteiger partial charge in [-0.3, -0.25) is 9.59 Å². The first-order valence-electron chi connectivity index (χ1n) is 6.78.